The molecule has 0 spiro atoms. The van der Waals surface area contributed by atoms with Gasteiger partial charge in [0.05, 0.1) is 10.9 Å². The largest absolute Gasteiger partial charge is 0.375 e. The van der Waals surface area contributed by atoms with Crippen molar-refractivity contribution in [2.75, 3.05) is 12.3 Å². The van der Waals surface area contributed by atoms with E-state index in [1.165, 1.54) is 23.5 Å². The summed E-state index contributed by atoms with van der Waals surface area (Å²) in [5.41, 5.74) is 7.13. The number of nitrogen functional groups attached to an aromatic ring is 1. The van der Waals surface area contributed by atoms with Crippen molar-refractivity contribution in [1.82, 2.24) is 20.2 Å². The first-order chi connectivity index (χ1) is 17.0. The number of thiazole rings is 1. The van der Waals surface area contributed by atoms with Gasteiger partial charge in [-0.1, -0.05) is 47.7 Å². The van der Waals surface area contributed by atoms with Crippen molar-refractivity contribution < 1.29 is 14.0 Å². The summed E-state index contributed by atoms with van der Waals surface area (Å²) in [4.78, 5) is 37.6. The molecule has 6 rings (SSSR count). The van der Waals surface area contributed by atoms with E-state index in [1.54, 1.807) is 18.3 Å². The summed E-state index contributed by atoms with van der Waals surface area (Å²) in [6, 6.07) is 15.5. The topological polar surface area (TPSA) is 101 Å². The summed E-state index contributed by atoms with van der Waals surface area (Å²) in [6.45, 7) is 0.317. The second kappa shape index (κ2) is 8.42. The Balaban J connectivity index is 1.23. The molecular weight excluding hydrogens is 465 g/mol. The quantitative estimate of drug-likeness (QED) is 0.441. The van der Waals surface area contributed by atoms with Gasteiger partial charge in [-0.25, -0.2) is 9.37 Å². The molecule has 0 bridgehead atoms. The molecule has 3 N–H and O–H groups in total. The van der Waals surface area contributed by atoms with Gasteiger partial charge in [-0.2, -0.15) is 0 Å². The summed E-state index contributed by atoms with van der Waals surface area (Å²) in [7, 11) is 0. The van der Waals surface area contributed by atoms with Gasteiger partial charge in [-0.15, -0.1) is 0 Å². The number of rotatable bonds is 5. The summed E-state index contributed by atoms with van der Waals surface area (Å²) in [5.74, 6) is -0.470. The van der Waals surface area contributed by atoms with E-state index >= 15 is 0 Å². The molecule has 3 heterocycles. The molecule has 176 valence electrons. The highest BCUT2D eigenvalue weighted by Gasteiger charge is 2.54. The normalized spacial score (nSPS) is 20.6. The Morgan fingerprint density at radius 3 is 2.83 bits per heavy atom. The van der Waals surface area contributed by atoms with Crippen molar-refractivity contribution in [3.8, 4) is 10.4 Å². The molecule has 1 aliphatic carbocycles. The van der Waals surface area contributed by atoms with Crippen LogP contribution in [0.15, 0.2) is 60.8 Å². The third kappa shape index (κ3) is 3.91. The predicted octanol–water partition coefficient (Wildman–Crippen LogP) is 4.11. The van der Waals surface area contributed by atoms with Gasteiger partial charge in [0, 0.05) is 24.2 Å². The molecule has 2 aromatic heterocycles. The van der Waals surface area contributed by atoms with Crippen LogP contribution in [-0.2, 0) is 0 Å². The molecule has 9 heteroatoms. The van der Waals surface area contributed by atoms with E-state index in [-0.39, 0.29) is 40.5 Å². The fourth-order valence-electron chi connectivity index (χ4n) is 5.08. The van der Waals surface area contributed by atoms with E-state index in [0.717, 1.165) is 23.6 Å². The Morgan fingerprint density at radius 1 is 1.11 bits per heavy atom. The first-order valence-electron chi connectivity index (χ1n) is 11.5. The number of piperidine rings is 1. The van der Waals surface area contributed by atoms with Crippen LogP contribution in [0.1, 0.15) is 33.8 Å². The van der Waals surface area contributed by atoms with E-state index in [0.29, 0.717) is 28.6 Å². The van der Waals surface area contributed by atoms with Gasteiger partial charge in [0.25, 0.3) is 11.8 Å². The number of hydrogen-bond acceptors (Lipinski definition) is 6. The van der Waals surface area contributed by atoms with Gasteiger partial charge in [0.15, 0.2) is 5.13 Å². The van der Waals surface area contributed by atoms with E-state index in [4.69, 9.17) is 5.73 Å². The molecule has 35 heavy (non-hydrogen) atoms. The van der Waals surface area contributed by atoms with Crippen molar-refractivity contribution in [3.05, 3.63) is 78.0 Å². The molecule has 1 saturated heterocycles. The van der Waals surface area contributed by atoms with Crippen LogP contribution >= 0.6 is 11.3 Å². The zero-order valence-corrected chi connectivity index (χ0v) is 19.5. The molecule has 2 unspecified atom stereocenters. The van der Waals surface area contributed by atoms with E-state index < -0.39 is 0 Å². The molecule has 2 fully saturated rings. The van der Waals surface area contributed by atoms with Gasteiger partial charge in [-0.05, 0) is 47.9 Å². The van der Waals surface area contributed by atoms with Crippen molar-refractivity contribution in [2.24, 2.45) is 5.92 Å². The highest BCUT2D eigenvalue weighted by Crippen LogP contribution is 2.49. The van der Waals surface area contributed by atoms with Gasteiger partial charge in [-0.3, -0.25) is 14.6 Å². The lowest BCUT2D eigenvalue weighted by atomic mass is 10.1. The summed E-state index contributed by atoms with van der Waals surface area (Å²) < 4.78 is 13.8. The number of pyridine rings is 1. The van der Waals surface area contributed by atoms with Gasteiger partial charge in [0.1, 0.15) is 17.2 Å². The van der Waals surface area contributed by atoms with E-state index in [1.807, 2.05) is 35.2 Å². The van der Waals surface area contributed by atoms with Crippen LogP contribution in [0.4, 0.5) is 9.52 Å². The molecule has 3 atom stereocenters. The molecule has 2 aromatic carbocycles. The molecular formula is C26H22FN5O2S. The van der Waals surface area contributed by atoms with Crippen LogP contribution in [-0.4, -0.2) is 45.3 Å². The zero-order valence-electron chi connectivity index (χ0n) is 18.6. The maximum Gasteiger partial charge on any atom is 0.274 e. The predicted molar refractivity (Wildman–Crippen MR) is 132 cm³/mol. The Bertz CT molecular complexity index is 1470. The SMILES string of the molecule is Nc1nc(C(=O)N2C3CC3C[C@H]2CNC(=O)c2nccc3ccccc23)c(-c2cccc(F)c2)s1. The average Bonchev–Trinajstić information content (AvgIpc) is 3.35. The van der Waals surface area contributed by atoms with Crippen LogP contribution < -0.4 is 11.1 Å². The smallest absolute Gasteiger partial charge is 0.274 e. The number of hydrogen-bond donors (Lipinski definition) is 2. The fourth-order valence-corrected chi connectivity index (χ4v) is 5.90. The molecule has 2 aliphatic rings. The fraction of sp³-hybridized carbons (Fsp3) is 0.231. The Morgan fingerprint density at radius 2 is 1.97 bits per heavy atom. The molecule has 1 aliphatic heterocycles. The number of halogens is 1. The first kappa shape index (κ1) is 21.7. The van der Waals surface area contributed by atoms with Gasteiger partial charge >= 0.3 is 0 Å². The number of fused-ring (bicyclic) bond motifs is 2. The molecule has 0 radical (unpaired) electrons. The lowest BCUT2D eigenvalue weighted by Crippen LogP contribution is -2.45. The third-order valence-corrected chi connectivity index (χ3v) is 7.70. The number of nitrogens with one attached hydrogen (secondary N) is 1. The number of carbonyl (C=O) groups excluding carboxylic acids is 2. The van der Waals surface area contributed by atoms with Crippen LogP contribution in [0.25, 0.3) is 21.2 Å². The van der Waals surface area contributed by atoms with Crippen LogP contribution in [0.3, 0.4) is 0 Å². The minimum Gasteiger partial charge on any atom is -0.375 e. The monoisotopic (exact) mass is 487 g/mol. The number of benzene rings is 2. The second-order valence-electron chi connectivity index (χ2n) is 9.00. The second-order valence-corrected chi connectivity index (χ2v) is 10.0. The number of nitrogens with two attached hydrogens (primary N) is 1. The highest BCUT2D eigenvalue weighted by molar-refractivity contribution is 7.19. The number of anilines is 1. The van der Waals surface area contributed by atoms with Crippen LogP contribution in [0.2, 0.25) is 0 Å². The third-order valence-electron chi connectivity index (χ3n) is 6.77. The minimum absolute atomic E-state index is 0.128. The summed E-state index contributed by atoms with van der Waals surface area (Å²) in [6.07, 6.45) is 3.38. The van der Waals surface area contributed by atoms with Crippen molar-refractivity contribution >= 4 is 39.1 Å². The van der Waals surface area contributed by atoms with Crippen molar-refractivity contribution in [1.29, 1.82) is 0 Å². The molecule has 4 aromatic rings. The Labute approximate surface area is 204 Å². The molecule has 7 nitrogen and oxygen atoms in total. The number of aromatic nitrogens is 2. The number of likely N-dealkylation sites (tertiary alicyclic amines) is 1. The van der Waals surface area contributed by atoms with Crippen molar-refractivity contribution in [2.45, 2.75) is 24.9 Å². The number of nitrogens with zero attached hydrogens (tertiary/aromatic N) is 3. The standard InChI is InChI=1S/C26H22FN5O2S/c27-17-6-3-5-15(10-17)23-22(31-26(28)35-23)25(34)32-18(11-16-12-20(16)32)13-30-24(33)21-19-7-2-1-4-14(19)8-9-29-21/h1-10,16,18,20H,11-13H2,(H2,28,31)(H,30,33)/t16?,18-,20?/m0/s1. The Hall–Kier alpha value is -3.85. The maximum atomic E-state index is 13.8. The van der Waals surface area contributed by atoms with E-state index in [9.17, 15) is 14.0 Å². The number of carbonyl (C=O) groups is 2. The summed E-state index contributed by atoms with van der Waals surface area (Å²) in [5, 5.41) is 4.96. The van der Waals surface area contributed by atoms with E-state index in [2.05, 4.69) is 15.3 Å². The summed E-state index contributed by atoms with van der Waals surface area (Å²) >= 11 is 1.17. The average molecular weight is 488 g/mol. The molecule has 1 saturated carbocycles. The highest BCUT2D eigenvalue weighted by atomic mass is 32.1. The maximum absolute atomic E-state index is 13.8. The lowest BCUT2D eigenvalue weighted by Gasteiger charge is -2.27. The number of amides is 2. The Kier molecular flexibility index (Phi) is 5.21. The minimum atomic E-state index is -0.390. The zero-order chi connectivity index (χ0) is 24.1. The van der Waals surface area contributed by atoms with Gasteiger partial charge in [0.2, 0.25) is 0 Å². The first-order valence-corrected chi connectivity index (χ1v) is 12.3. The lowest BCUT2D eigenvalue weighted by molar-refractivity contribution is 0.0684. The van der Waals surface area contributed by atoms with Crippen LogP contribution in [0.5, 0.6) is 0 Å². The van der Waals surface area contributed by atoms with Gasteiger partial charge < -0.3 is 16.0 Å². The molecule has 2 amide bonds. The van der Waals surface area contributed by atoms with Crippen LogP contribution in [0, 0.1) is 11.7 Å². The van der Waals surface area contributed by atoms with Crippen molar-refractivity contribution in [3.63, 3.8) is 0 Å².